The molecule has 0 spiro atoms. The normalized spacial score (nSPS) is 11.0. The van der Waals surface area contributed by atoms with Gasteiger partial charge < -0.3 is 4.42 Å². The molecule has 0 aliphatic carbocycles. The number of hydrogen-bond donors (Lipinski definition) is 0. The summed E-state index contributed by atoms with van der Waals surface area (Å²) >= 11 is 1.46. The van der Waals surface area contributed by atoms with Gasteiger partial charge in [-0.15, -0.1) is 11.3 Å². The molecule has 3 rings (SSSR count). The van der Waals surface area contributed by atoms with Crippen LogP contribution in [0.15, 0.2) is 40.1 Å². The van der Waals surface area contributed by atoms with Crippen molar-refractivity contribution in [1.29, 1.82) is 0 Å². The Balaban J connectivity index is 2.10. The first kappa shape index (κ1) is 11.2. The summed E-state index contributed by atoms with van der Waals surface area (Å²) in [5, 5.41) is 2.91. The van der Waals surface area contributed by atoms with E-state index in [0.717, 1.165) is 27.0 Å². The summed E-state index contributed by atoms with van der Waals surface area (Å²) in [4.78, 5) is 13.1. The Bertz CT molecular complexity index is 734. The molecule has 0 N–H and O–H groups in total. The average Bonchev–Trinajstić information content (AvgIpc) is 2.93. The van der Waals surface area contributed by atoms with E-state index in [4.69, 9.17) is 4.42 Å². The third-order valence-electron chi connectivity index (χ3n) is 2.96. The van der Waals surface area contributed by atoms with Gasteiger partial charge in [0.05, 0.1) is 4.88 Å². The first-order chi connectivity index (χ1) is 8.65. The third kappa shape index (κ3) is 1.77. The van der Waals surface area contributed by atoms with Gasteiger partial charge in [-0.3, -0.25) is 4.79 Å². The van der Waals surface area contributed by atoms with E-state index in [9.17, 15) is 4.79 Å². The van der Waals surface area contributed by atoms with Crippen molar-refractivity contribution in [3.05, 3.63) is 57.5 Å². The second-order valence-corrected chi connectivity index (χ2v) is 5.33. The van der Waals surface area contributed by atoms with Crippen LogP contribution in [0, 0.1) is 13.8 Å². The zero-order valence-corrected chi connectivity index (χ0v) is 11.0. The monoisotopic (exact) mass is 256 g/mol. The molecule has 0 amide bonds. The van der Waals surface area contributed by atoms with Crippen LogP contribution in [0.2, 0.25) is 0 Å². The smallest absolute Gasteiger partial charge is 0.238 e. The molecule has 0 unspecified atom stereocenters. The Morgan fingerprint density at radius 3 is 2.72 bits per heavy atom. The number of aryl methyl sites for hydroxylation is 2. The molecule has 3 heteroatoms. The highest BCUT2D eigenvalue weighted by molar-refractivity contribution is 7.12. The summed E-state index contributed by atoms with van der Waals surface area (Å²) in [7, 11) is 0. The van der Waals surface area contributed by atoms with Gasteiger partial charge in [0.15, 0.2) is 5.76 Å². The topological polar surface area (TPSA) is 30.2 Å². The van der Waals surface area contributed by atoms with Gasteiger partial charge in [0.1, 0.15) is 5.58 Å². The predicted molar refractivity (Wildman–Crippen MR) is 73.4 cm³/mol. The molecule has 0 atom stereocenters. The average molecular weight is 256 g/mol. The van der Waals surface area contributed by atoms with E-state index in [0.29, 0.717) is 5.76 Å². The van der Waals surface area contributed by atoms with Gasteiger partial charge in [-0.05, 0) is 49.1 Å². The minimum Gasteiger partial charge on any atom is -0.453 e. The zero-order valence-electron chi connectivity index (χ0n) is 10.2. The van der Waals surface area contributed by atoms with Gasteiger partial charge in [0, 0.05) is 5.39 Å². The highest BCUT2D eigenvalue weighted by atomic mass is 32.1. The van der Waals surface area contributed by atoms with Crippen LogP contribution in [-0.4, -0.2) is 5.78 Å². The number of carbonyl (C=O) groups is 1. The second kappa shape index (κ2) is 4.10. The Morgan fingerprint density at radius 2 is 2.00 bits per heavy atom. The molecule has 0 aliphatic rings. The van der Waals surface area contributed by atoms with E-state index in [-0.39, 0.29) is 5.78 Å². The molecular formula is C15H12O2S. The molecule has 0 fully saturated rings. The molecule has 0 radical (unpaired) electrons. The predicted octanol–water partition coefficient (Wildman–Crippen LogP) is 4.34. The van der Waals surface area contributed by atoms with Crippen molar-refractivity contribution in [1.82, 2.24) is 0 Å². The Kier molecular flexibility index (Phi) is 2.56. The van der Waals surface area contributed by atoms with Gasteiger partial charge in [0.25, 0.3) is 0 Å². The van der Waals surface area contributed by atoms with Crippen molar-refractivity contribution in [3.63, 3.8) is 0 Å². The van der Waals surface area contributed by atoms with Crippen LogP contribution >= 0.6 is 11.3 Å². The second-order valence-electron chi connectivity index (χ2n) is 4.41. The first-order valence-corrected chi connectivity index (χ1v) is 6.62. The van der Waals surface area contributed by atoms with Crippen LogP contribution in [0.1, 0.15) is 26.6 Å². The van der Waals surface area contributed by atoms with Crippen LogP contribution in [-0.2, 0) is 0 Å². The fourth-order valence-electron chi connectivity index (χ4n) is 1.99. The van der Waals surface area contributed by atoms with Crippen molar-refractivity contribution >= 4 is 28.1 Å². The van der Waals surface area contributed by atoms with E-state index < -0.39 is 0 Å². The van der Waals surface area contributed by atoms with Gasteiger partial charge in [0.2, 0.25) is 5.78 Å². The molecule has 2 aromatic heterocycles. The minimum absolute atomic E-state index is 0.0312. The van der Waals surface area contributed by atoms with Gasteiger partial charge in [-0.2, -0.15) is 0 Å². The van der Waals surface area contributed by atoms with Crippen molar-refractivity contribution in [3.8, 4) is 0 Å². The molecule has 0 aliphatic heterocycles. The largest absolute Gasteiger partial charge is 0.453 e. The van der Waals surface area contributed by atoms with Crippen molar-refractivity contribution in [2.24, 2.45) is 0 Å². The summed E-state index contributed by atoms with van der Waals surface area (Å²) < 4.78 is 5.62. The van der Waals surface area contributed by atoms with Crippen LogP contribution in [0.5, 0.6) is 0 Å². The summed E-state index contributed by atoms with van der Waals surface area (Å²) in [5.41, 5.74) is 2.93. The maximum Gasteiger partial charge on any atom is 0.238 e. The number of rotatable bonds is 2. The highest BCUT2D eigenvalue weighted by Gasteiger charge is 2.17. The Labute approximate surface area is 109 Å². The van der Waals surface area contributed by atoms with Crippen molar-refractivity contribution < 1.29 is 9.21 Å². The molecule has 3 aromatic rings. The lowest BCUT2D eigenvalue weighted by Gasteiger charge is -1.94. The Hall–Kier alpha value is -1.87. The van der Waals surface area contributed by atoms with E-state index in [1.54, 1.807) is 0 Å². The standard InChI is InChI=1S/C15H12O2S/c1-9-3-4-12-11(7-9)8-13(17-12)14(16)15-10(2)5-6-18-15/h3-8H,1-2H3. The van der Waals surface area contributed by atoms with Gasteiger partial charge in [-0.25, -0.2) is 0 Å². The van der Waals surface area contributed by atoms with E-state index in [1.807, 2.05) is 49.6 Å². The summed E-state index contributed by atoms with van der Waals surface area (Å²) in [6, 6.07) is 9.69. The summed E-state index contributed by atoms with van der Waals surface area (Å²) in [5.74, 6) is 0.387. The lowest BCUT2D eigenvalue weighted by atomic mass is 10.1. The molecule has 90 valence electrons. The molecule has 0 bridgehead atoms. The lowest BCUT2D eigenvalue weighted by Crippen LogP contribution is -1.97. The molecule has 1 aromatic carbocycles. The number of benzene rings is 1. The van der Waals surface area contributed by atoms with Gasteiger partial charge in [-0.1, -0.05) is 11.6 Å². The summed E-state index contributed by atoms with van der Waals surface area (Å²) in [6.45, 7) is 3.97. The number of ketones is 1. The third-order valence-corrected chi connectivity index (χ3v) is 3.98. The fourth-order valence-corrected chi connectivity index (χ4v) is 2.86. The van der Waals surface area contributed by atoms with Crippen LogP contribution in [0.4, 0.5) is 0 Å². The van der Waals surface area contributed by atoms with E-state index in [1.165, 1.54) is 11.3 Å². The van der Waals surface area contributed by atoms with Crippen LogP contribution in [0.3, 0.4) is 0 Å². The molecule has 0 saturated carbocycles. The Morgan fingerprint density at radius 1 is 1.17 bits per heavy atom. The molecule has 2 heterocycles. The summed E-state index contributed by atoms with van der Waals surface area (Å²) in [6.07, 6.45) is 0. The number of furan rings is 1. The van der Waals surface area contributed by atoms with E-state index >= 15 is 0 Å². The molecule has 2 nitrogen and oxygen atoms in total. The highest BCUT2D eigenvalue weighted by Crippen LogP contribution is 2.25. The molecule has 0 saturated heterocycles. The van der Waals surface area contributed by atoms with Crippen molar-refractivity contribution in [2.75, 3.05) is 0 Å². The van der Waals surface area contributed by atoms with Crippen LogP contribution < -0.4 is 0 Å². The minimum atomic E-state index is -0.0312. The lowest BCUT2D eigenvalue weighted by molar-refractivity contribution is 0.101. The fraction of sp³-hybridized carbons (Fsp3) is 0.133. The first-order valence-electron chi connectivity index (χ1n) is 5.74. The quantitative estimate of drug-likeness (QED) is 0.638. The number of carbonyl (C=O) groups excluding carboxylic acids is 1. The SMILES string of the molecule is Cc1ccc2oc(C(=O)c3sccc3C)cc2c1. The molecular weight excluding hydrogens is 244 g/mol. The number of hydrogen-bond acceptors (Lipinski definition) is 3. The maximum atomic E-state index is 12.3. The maximum absolute atomic E-state index is 12.3. The van der Waals surface area contributed by atoms with Crippen LogP contribution in [0.25, 0.3) is 11.0 Å². The zero-order chi connectivity index (χ0) is 12.7. The number of fused-ring (bicyclic) bond motifs is 1. The van der Waals surface area contributed by atoms with E-state index in [2.05, 4.69) is 0 Å². The van der Waals surface area contributed by atoms with Crippen molar-refractivity contribution in [2.45, 2.75) is 13.8 Å². The van der Waals surface area contributed by atoms with Gasteiger partial charge >= 0.3 is 0 Å². The molecule has 18 heavy (non-hydrogen) atoms. The number of thiophene rings is 1.